The Morgan fingerprint density at radius 1 is 1.32 bits per heavy atom. The van der Waals surface area contributed by atoms with Crippen LogP contribution in [-0.4, -0.2) is 16.9 Å². The Kier molecular flexibility index (Phi) is 5.39. The summed E-state index contributed by atoms with van der Waals surface area (Å²) in [6.45, 7) is 6.10. The van der Waals surface area contributed by atoms with Crippen molar-refractivity contribution < 1.29 is 4.79 Å². The Bertz CT molecular complexity index is 673. The minimum absolute atomic E-state index is 0.238. The molecule has 1 aromatic carbocycles. The number of hydrogen-bond donors (Lipinski definition) is 2. The van der Waals surface area contributed by atoms with Crippen LogP contribution in [0.4, 0.5) is 11.4 Å². The van der Waals surface area contributed by atoms with Crippen molar-refractivity contribution in [2.75, 3.05) is 10.6 Å². The van der Waals surface area contributed by atoms with E-state index in [1.54, 1.807) is 24.4 Å². The Morgan fingerprint density at radius 2 is 2.09 bits per heavy atom. The van der Waals surface area contributed by atoms with Gasteiger partial charge in [0.1, 0.15) is 5.69 Å². The molecule has 1 unspecified atom stereocenters. The van der Waals surface area contributed by atoms with E-state index in [2.05, 4.69) is 29.5 Å². The predicted octanol–water partition coefficient (Wildman–Crippen LogP) is 4.51. The molecule has 0 spiro atoms. The normalized spacial score (nSPS) is 11.8. The highest BCUT2D eigenvalue weighted by molar-refractivity contribution is 6.30. The molecule has 0 saturated carbocycles. The fourth-order valence-corrected chi connectivity index (χ4v) is 2.21. The second-order valence-corrected chi connectivity index (χ2v) is 5.73. The molecule has 4 nitrogen and oxygen atoms in total. The lowest BCUT2D eigenvalue weighted by molar-refractivity contribution is 0.102. The van der Waals surface area contributed by atoms with E-state index in [9.17, 15) is 4.79 Å². The number of halogens is 1. The minimum Gasteiger partial charge on any atom is -0.382 e. The van der Waals surface area contributed by atoms with Gasteiger partial charge in [-0.2, -0.15) is 0 Å². The fourth-order valence-electron chi connectivity index (χ4n) is 1.98. The van der Waals surface area contributed by atoms with Gasteiger partial charge in [-0.15, -0.1) is 0 Å². The van der Waals surface area contributed by atoms with E-state index in [1.807, 2.05) is 19.1 Å². The van der Waals surface area contributed by atoms with Crippen molar-refractivity contribution in [3.05, 3.63) is 52.8 Å². The third kappa shape index (κ3) is 4.21. The maximum absolute atomic E-state index is 12.3. The van der Waals surface area contributed by atoms with Gasteiger partial charge in [0.15, 0.2) is 0 Å². The van der Waals surface area contributed by atoms with E-state index in [4.69, 9.17) is 11.6 Å². The zero-order valence-electron chi connectivity index (χ0n) is 13.0. The van der Waals surface area contributed by atoms with Crippen LogP contribution in [0.15, 0.2) is 36.5 Å². The minimum atomic E-state index is -0.238. The zero-order valence-corrected chi connectivity index (χ0v) is 13.7. The molecule has 0 aliphatic heterocycles. The molecule has 2 aromatic rings. The first-order chi connectivity index (χ1) is 10.5. The third-order valence-electron chi connectivity index (χ3n) is 3.45. The summed E-state index contributed by atoms with van der Waals surface area (Å²) in [6.07, 6.45) is 2.64. The predicted molar refractivity (Wildman–Crippen MR) is 91.8 cm³/mol. The van der Waals surface area contributed by atoms with Crippen LogP contribution >= 0.6 is 11.6 Å². The van der Waals surface area contributed by atoms with Gasteiger partial charge in [-0.05, 0) is 56.2 Å². The molecule has 0 aliphatic rings. The maximum atomic E-state index is 12.3. The Hall–Kier alpha value is -2.07. The van der Waals surface area contributed by atoms with Crippen molar-refractivity contribution >= 4 is 28.9 Å². The van der Waals surface area contributed by atoms with Crippen molar-refractivity contribution in [2.24, 2.45) is 0 Å². The van der Waals surface area contributed by atoms with Crippen LogP contribution in [0.25, 0.3) is 0 Å². The second kappa shape index (κ2) is 7.27. The Morgan fingerprint density at radius 3 is 2.77 bits per heavy atom. The number of carbonyl (C=O) groups is 1. The largest absolute Gasteiger partial charge is 0.382 e. The van der Waals surface area contributed by atoms with Gasteiger partial charge in [-0.1, -0.05) is 18.5 Å². The highest BCUT2D eigenvalue weighted by Gasteiger charge is 2.10. The maximum Gasteiger partial charge on any atom is 0.274 e. The highest BCUT2D eigenvalue weighted by Crippen LogP contribution is 2.20. The summed E-state index contributed by atoms with van der Waals surface area (Å²) in [5.74, 6) is -0.238. The lowest BCUT2D eigenvalue weighted by Crippen LogP contribution is -2.17. The number of hydrogen-bond acceptors (Lipinski definition) is 3. The SMILES string of the molecule is CCC(C)Nc1ccnc(C(=O)Nc2ccc(Cl)cc2C)c1. The van der Waals surface area contributed by atoms with Gasteiger partial charge < -0.3 is 10.6 Å². The molecule has 0 radical (unpaired) electrons. The molecule has 1 atom stereocenters. The molecule has 1 aromatic heterocycles. The Labute approximate surface area is 135 Å². The number of aryl methyl sites for hydroxylation is 1. The second-order valence-electron chi connectivity index (χ2n) is 5.30. The van der Waals surface area contributed by atoms with Crippen molar-refractivity contribution in [1.82, 2.24) is 4.98 Å². The number of aromatic nitrogens is 1. The number of benzene rings is 1. The molecule has 0 fully saturated rings. The van der Waals surface area contributed by atoms with Gasteiger partial charge >= 0.3 is 0 Å². The summed E-state index contributed by atoms with van der Waals surface area (Å²) < 4.78 is 0. The number of anilines is 2. The molecule has 22 heavy (non-hydrogen) atoms. The molecule has 2 rings (SSSR count). The lowest BCUT2D eigenvalue weighted by atomic mass is 10.2. The number of carbonyl (C=O) groups excluding carboxylic acids is 1. The quantitative estimate of drug-likeness (QED) is 0.853. The number of nitrogens with one attached hydrogen (secondary N) is 2. The number of pyridine rings is 1. The molecule has 0 aliphatic carbocycles. The monoisotopic (exact) mass is 317 g/mol. The Balaban J connectivity index is 2.14. The van der Waals surface area contributed by atoms with E-state index in [1.165, 1.54) is 0 Å². The van der Waals surface area contributed by atoms with Crippen LogP contribution in [0.5, 0.6) is 0 Å². The standard InChI is InChI=1S/C17H20ClN3O/c1-4-12(3)20-14-7-8-19-16(10-14)17(22)21-15-6-5-13(18)9-11(15)2/h5-10,12H,4H2,1-3H3,(H,19,20)(H,21,22). The highest BCUT2D eigenvalue weighted by atomic mass is 35.5. The van der Waals surface area contributed by atoms with E-state index in [0.29, 0.717) is 16.8 Å². The van der Waals surface area contributed by atoms with Gasteiger partial charge in [0.05, 0.1) is 0 Å². The number of rotatable bonds is 5. The van der Waals surface area contributed by atoms with Crippen molar-refractivity contribution in [2.45, 2.75) is 33.2 Å². The smallest absolute Gasteiger partial charge is 0.274 e. The van der Waals surface area contributed by atoms with Crippen LogP contribution in [0.2, 0.25) is 5.02 Å². The molecule has 0 bridgehead atoms. The van der Waals surface area contributed by atoms with Gasteiger partial charge in [-0.3, -0.25) is 9.78 Å². The molecule has 2 N–H and O–H groups in total. The first kappa shape index (κ1) is 16.3. The summed E-state index contributed by atoms with van der Waals surface area (Å²) in [6, 6.07) is 9.31. The summed E-state index contributed by atoms with van der Waals surface area (Å²) in [4.78, 5) is 16.5. The van der Waals surface area contributed by atoms with Crippen LogP contribution < -0.4 is 10.6 Å². The van der Waals surface area contributed by atoms with Gasteiger partial charge in [-0.25, -0.2) is 0 Å². The average molecular weight is 318 g/mol. The molecular weight excluding hydrogens is 298 g/mol. The zero-order chi connectivity index (χ0) is 16.1. The molecule has 1 heterocycles. The average Bonchev–Trinajstić information content (AvgIpc) is 2.50. The number of amides is 1. The first-order valence-electron chi connectivity index (χ1n) is 7.29. The molecular formula is C17H20ClN3O. The van der Waals surface area contributed by atoms with Gasteiger partial charge in [0, 0.05) is 28.6 Å². The van der Waals surface area contributed by atoms with Gasteiger partial charge in [0.2, 0.25) is 0 Å². The van der Waals surface area contributed by atoms with E-state index < -0.39 is 0 Å². The topological polar surface area (TPSA) is 54.0 Å². The van der Waals surface area contributed by atoms with Crippen LogP contribution in [0, 0.1) is 6.92 Å². The van der Waals surface area contributed by atoms with Crippen LogP contribution in [0.3, 0.4) is 0 Å². The third-order valence-corrected chi connectivity index (χ3v) is 3.69. The summed E-state index contributed by atoms with van der Waals surface area (Å²) in [5.41, 5.74) is 2.91. The summed E-state index contributed by atoms with van der Waals surface area (Å²) in [7, 11) is 0. The van der Waals surface area contributed by atoms with Gasteiger partial charge in [0.25, 0.3) is 5.91 Å². The fraction of sp³-hybridized carbons (Fsp3) is 0.294. The molecule has 116 valence electrons. The molecule has 5 heteroatoms. The van der Waals surface area contributed by atoms with Crippen LogP contribution in [0.1, 0.15) is 36.3 Å². The van der Waals surface area contributed by atoms with E-state index >= 15 is 0 Å². The molecule has 1 amide bonds. The number of nitrogens with zero attached hydrogens (tertiary/aromatic N) is 1. The van der Waals surface area contributed by atoms with E-state index in [-0.39, 0.29) is 5.91 Å². The lowest BCUT2D eigenvalue weighted by Gasteiger charge is -2.13. The molecule has 0 saturated heterocycles. The van der Waals surface area contributed by atoms with E-state index in [0.717, 1.165) is 23.4 Å². The van der Waals surface area contributed by atoms with Crippen molar-refractivity contribution in [3.63, 3.8) is 0 Å². The van der Waals surface area contributed by atoms with Crippen molar-refractivity contribution in [1.29, 1.82) is 0 Å². The van der Waals surface area contributed by atoms with Crippen molar-refractivity contribution in [3.8, 4) is 0 Å². The summed E-state index contributed by atoms with van der Waals surface area (Å²) >= 11 is 5.92. The van der Waals surface area contributed by atoms with Crippen LogP contribution in [-0.2, 0) is 0 Å². The summed E-state index contributed by atoms with van der Waals surface area (Å²) in [5, 5.41) is 6.84. The first-order valence-corrected chi connectivity index (χ1v) is 7.67.